The molecule has 2 heterocycles. The van der Waals surface area contributed by atoms with Crippen LogP contribution in [0.1, 0.15) is 41.2 Å². The van der Waals surface area contributed by atoms with Gasteiger partial charge >= 0.3 is 0 Å². The molecule has 3 aromatic rings. The molecule has 1 amide bonds. The van der Waals surface area contributed by atoms with E-state index in [1.54, 1.807) is 11.6 Å². The first-order chi connectivity index (χ1) is 13.8. The van der Waals surface area contributed by atoms with Crippen LogP contribution in [-0.2, 0) is 17.9 Å². The Hall–Kier alpha value is -3.17. The number of amides is 1. The lowest BCUT2D eigenvalue weighted by atomic mass is 10.2. The minimum atomic E-state index is -3.02. The van der Waals surface area contributed by atoms with Crippen molar-refractivity contribution in [1.82, 2.24) is 24.9 Å². The van der Waals surface area contributed by atoms with Gasteiger partial charge in [0.2, 0.25) is 5.91 Å². The van der Waals surface area contributed by atoms with Crippen LogP contribution in [-0.4, -0.2) is 25.5 Å². The van der Waals surface area contributed by atoms with Gasteiger partial charge in [-0.2, -0.15) is 10.2 Å². The van der Waals surface area contributed by atoms with Gasteiger partial charge in [-0.05, 0) is 32.0 Å². The highest BCUT2D eigenvalue weighted by Crippen LogP contribution is 2.25. The minimum Gasteiger partial charge on any atom is -0.350 e. The molecule has 0 fully saturated rings. The highest BCUT2D eigenvalue weighted by atomic mass is 19.3. The lowest BCUT2D eigenvalue weighted by Crippen LogP contribution is -2.28. The molecule has 2 aromatic heterocycles. The second-order valence-corrected chi connectivity index (χ2v) is 6.43. The number of hydrogen-bond acceptors (Lipinski definition) is 3. The number of aromatic nitrogens is 4. The van der Waals surface area contributed by atoms with Gasteiger partial charge in [-0.3, -0.25) is 9.48 Å². The van der Waals surface area contributed by atoms with Crippen molar-refractivity contribution in [3.8, 4) is 5.69 Å². The minimum absolute atomic E-state index is 0.121. The van der Waals surface area contributed by atoms with Gasteiger partial charge in [0.05, 0.1) is 11.4 Å². The van der Waals surface area contributed by atoms with Crippen molar-refractivity contribution in [3.05, 3.63) is 64.7 Å². The zero-order valence-corrected chi connectivity index (χ0v) is 15.7. The number of hydrogen-bond donors (Lipinski definition) is 1. The van der Waals surface area contributed by atoms with Gasteiger partial charge in [-0.25, -0.2) is 22.2 Å². The number of benzene rings is 1. The molecule has 29 heavy (non-hydrogen) atoms. The molecule has 0 unspecified atom stereocenters. The Morgan fingerprint density at radius 2 is 1.76 bits per heavy atom. The average molecular weight is 409 g/mol. The Morgan fingerprint density at radius 1 is 1.07 bits per heavy atom. The van der Waals surface area contributed by atoms with Crippen LogP contribution in [0.3, 0.4) is 0 Å². The molecule has 1 aromatic carbocycles. The van der Waals surface area contributed by atoms with E-state index < -0.39 is 36.7 Å². The summed E-state index contributed by atoms with van der Waals surface area (Å²) < 4.78 is 53.9. The predicted molar refractivity (Wildman–Crippen MR) is 97.0 cm³/mol. The maximum Gasteiger partial charge on any atom is 0.282 e. The van der Waals surface area contributed by atoms with Crippen molar-refractivity contribution >= 4 is 5.91 Å². The van der Waals surface area contributed by atoms with Crippen molar-refractivity contribution in [2.45, 2.75) is 39.8 Å². The zero-order chi connectivity index (χ0) is 21.1. The number of carbonyl (C=O) groups is 1. The molecule has 154 valence electrons. The van der Waals surface area contributed by atoms with E-state index >= 15 is 0 Å². The summed E-state index contributed by atoms with van der Waals surface area (Å²) in [5.41, 5.74) is 1.66. The van der Waals surface area contributed by atoms with Gasteiger partial charge in [0, 0.05) is 17.8 Å². The van der Waals surface area contributed by atoms with Crippen molar-refractivity contribution in [2.24, 2.45) is 0 Å². The van der Waals surface area contributed by atoms with Crippen LogP contribution in [0.2, 0.25) is 0 Å². The van der Waals surface area contributed by atoms with E-state index in [-0.39, 0.29) is 6.54 Å². The smallest absolute Gasteiger partial charge is 0.282 e. The third-order valence-electron chi connectivity index (χ3n) is 4.47. The summed E-state index contributed by atoms with van der Waals surface area (Å²) in [6.07, 6.45) is -6.01. The normalized spacial score (nSPS) is 11.4. The SMILES string of the molecule is Cc1nn(-c2ccccc2)c(C)c1CNC(=O)Cn1nc(C(F)F)cc1C(F)F. The van der Waals surface area contributed by atoms with E-state index in [0.717, 1.165) is 16.9 Å². The molecule has 0 atom stereocenters. The number of nitrogens with one attached hydrogen (secondary N) is 1. The van der Waals surface area contributed by atoms with Crippen LogP contribution in [0.15, 0.2) is 36.4 Å². The first kappa shape index (κ1) is 20.6. The van der Waals surface area contributed by atoms with Gasteiger partial charge < -0.3 is 5.32 Å². The number of alkyl halides is 4. The summed E-state index contributed by atoms with van der Waals surface area (Å²) in [7, 11) is 0. The van der Waals surface area contributed by atoms with Crippen LogP contribution in [0.5, 0.6) is 0 Å². The van der Waals surface area contributed by atoms with Gasteiger partial charge in [0.1, 0.15) is 17.9 Å². The molecule has 1 N–H and O–H groups in total. The third kappa shape index (κ3) is 4.47. The topological polar surface area (TPSA) is 64.7 Å². The monoisotopic (exact) mass is 409 g/mol. The summed E-state index contributed by atoms with van der Waals surface area (Å²) in [4.78, 5) is 12.2. The number of nitrogens with zero attached hydrogens (tertiary/aromatic N) is 4. The lowest BCUT2D eigenvalue weighted by Gasteiger charge is -2.09. The van der Waals surface area contributed by atoms with Gasteiger partial charge in [-0.15, -0.1) is 0 Å². The van der Waals surface area contributed by atoms with Crippen molar-refractivity contribution in [3.63, 3.8) is 0 Å². The average Bonchev–Trinajstić information content (AvgIpc) is 3.22. The van der Waals surface area contributed by atoms with Crippen LogP contribution in [0, 0.1) is 13.8 Å². The Labute approximate surface area is 164 Å². The molecule has 0 saturated heterocycles. The van der Waals surface area contributed by atoms with Crippen LogP contribution in [0.25, 0.3) is 5.69 Å². The van der Waals surface area contributed by atoms with E-state index in [0.29, 0.717) is 16.4 Å². The maximum absolute atomic E-state index is 13.0. The second-order valence-electron chi connectivity index (χ2n) is 6.43. The number of carbonyl (C=O) groups excluding carboxylic acids is 1. The fourth-order valence-corrected chi connectivity index (χ4v) is 2.99. The molecule has 0 aliphatic carbocycles. The third-order valence-corrected chi connectivity index (χ3v) is 4.47. The number of para-hydroxylation sites is 1. The van der Waals surface area contributed by atoms with Crippen molar-refractivity contribution < 1.29 is 22.4 Å². The molecule has 6 nitrogen and oxygen atoms in total. The Bertz CT molecular complexity index is 998. The van der Waals surface area contributed by atoms with Gasteiger partial charge in [0.25, 0.3) is 12.9 Å². The number of aryl methyl sites for hydroxylation is 1. The van der Waals surface area contributed by atoms with Crippen molar-refractivity contribution in [2.75, 3.05) is 0 Å². The van der Waals surface area contributed by atoms with E-state index in [9.17, 15) is 22.4 Å². The molecule has 0 radical (unpaired) electrons. The summed E-state index contributed by atoms with van der Waals surface area (Å²) >= 11 is 0. The molecule has 3 rings (SSSR count). The highest BCUT2D eigenvalue weighted by Gasteiger charge is 2.22. The number of halogens is 4. The summed E-state index contributed by atoms with van der Waals surface area (Å²) in [6.45, 7) is 3.19. The van der Waals surface area contributed by atoms with Gasteiger partial charge in [0.15, 0.2) is 0 Å². The molecule has 0 saturated carbocycles. The second kappa shape index (κ2) is 8.46. The largest absolute Gasteiger partial charge is 0.350 e. The molecule has 0 spiro atoms. The van der Waals surface area contributed by atoms with Crippen LogP contribution in [0.4, 0.5) is 17.6 Å². The first-order valence-corrected chi connectivity index (χ1v) is 8.79. The van der Waals surface area contributed by atoms with Crippen LogP contribution < -0.4 is 5.32 Å². The molecular weight excluding hydrogens is 390 g/mol. The van der Waals surface area contributed by atoms with E-state index in [1.165, 1.54) is 0 Å². The van der Waals surface area contributed by atoms with E-state index in [1.807, 2.05) is 37.3 Å². The number of rotatable bonds is 7. The lowest BCUT2D eigenvalue weighted by molar-refractivity contribution is -0.122. The Morgan fingerprint density at radius 3 is 2.38 bits per heavy atom. The first-order valence-electron chi connectivity index (χ1n) is 8.79. The quantitative estimate of drug-likeness (QED) is 0.603. The Kier molecular flexibility index (Phi) is 6.00. The highest BCUT2D eigenvalue weighted by molar-refractivity contribution is 5.75. The predicted octanol–water partition coefficient (Wildman–Crippen LogP) is 3.88. The van der Waals surface area contributed by atoms with E-state index in [4.69, 9.17) is 0 Å². The molecule has 0 aliphatic rings. The van der Waals surface area contributed by atoms with E-state index in [2.05, 4.69) is 15.5 Å². The maximum atomic E-state index is 13.0. The standard InChI is InChI=1S/C19H19F4N5O/c1-11-14(12(2)28(25-11)13-6-4-3-5-7-13)9-24-17(29)10-27-16(19(22)23)8-15(26-27)18(20)21/h3-8,18-19H,9-10H2,1-2H3,(H,24,29). The Balaban J connectivity index is 1.71. The summed E-state index contributed by atoms with van der Waals surface area (Å²) in [6, 6.07) is 10.1. The molecule has 0 bridgehead atoms. The fourth-order valence-electron chi connectivity index (χ4n) is 2.99. The zero-order valence-electron chi connectivity index (χ0n) is 15.7. The molecule has 0 aliphatic heterocycles. The van der Waals surface area contributed by atoms with Gasteiger partial charge in [-0.1, -0.05) is 18.2 Å². The molecule has 10 heteroatoms. The van der Waals surface area contributed by atoms with Crippen LogP contribution >= 0.6 is 0 Å². The summed E-state index contributed by atoms with van der Waals surface area (Å²) in [5, 5.41) is 10.5. The fraction of sp³-hybridized carbons (Fsp3) is 0.316. The van der Waals surface area contributed by atoms with Crippen molar-refractivity contribution in [1.29, 1.82) is 0 Å². The molecular formula is C19H19F4N5O. The summed E-state index contributed by atoms with van der Waals surface area (Å²) in [5.74, 6) is -0.623.